The highest BCUT2D eigenvalue weighted by Gasteiger charge is 2.28. The molecule has 8 nitrogen and oxygen atoms in total. The van der Waals surface area contributed by atoms with Crippen LogP contribution < -0.4 is 20.1 Å². The Bertz CT molecular complexity index is 1010. The van der Waals surface area contributed by atoms with E-state index in [1.54, 1.807) is 23.1 Å². The quantitative estimate of drug-likeness (QED) is 0.659. The Morgan fingerprint density at radius 2 is 1.64 bits per heavy atom. The zero-order valence-electron chi connectivity index (χ0n) is 18.8. The molecule has 0 unspecified atom stereocenters. The van der Waals surface area contributed by atoms with Crippen LogP contribution in [-0.4, -0.2) is 55.5 Å². The second-order valence-electron chi connectivity index (χ2n) is 8.40. The molecule has 0 spiro atoms. The fraction of sp³-hybridized carbons (Fsp3) is 0.400. The summed E-state index contributed by atoms with van der Waals surface area (Å²) in [7, 11) is 0. The Labute approximate surface area is 193 Å². The highest BCUT2D eigenvalue weighted by molar-refractivity contribution is 5.98. The summed E-state index contributed by atoms with van der Waals surface area (Å²) in [5.41, 5.74) is 2.76. The summed E-state index contributed by atoms with van der Waals surface area (Å²) in [6.07, 6.45) is 1.19. The minimum atomic E-state index is -0.382. The normalized spacial score (nSPS) is 15.6. The number of amides is 3. The molecule has 0 atom stereocenters. The summed E-state index contributed by atoms with van der Waals surface area (Å²) < 4.78 is 11.1. The maximum Gasteiger partial charge on any atom is 0.315 e. The lowest BCUT2D eigenvalue weighted by atomic mass is 9.88. The number of rotatable bonds is 6. The van der Waals surface area contributed by atoms with Crippen LogP contribution in [0.25, 0.3) is 0 Å². The molecule has 0 bridgehead atoms. The number of nitrogens with one attached hydrogen (secondary N) is 2. The summed E-state index contributed by atoms with van der Waals surface area (Å²) >= 11 is 0. The molecule has 2 aromatic carbocycles. The molecule has 2 aliphatic rings. The van der Waals surface area contributed by atoms with Gasteiger partial charge in [-0.3, -0.25) is 9.59 Å². The van der Waals surface area contributed by atoms with E-state index >= 15 is 0 Å². The van der Waals surface area contributed by atoms with Gasteiger partial charge in [0.25, 0.3) is 0 Å². The van der Waals surface area contributed by atoms with Gasteiger partial charge < -0.3 is 25.0 Å². The summed E-state index contributed by atoms with van der Waals surface area (Å²) in [6.45, 7) is 4.30. The molecule has 2 N–H and O–H groups in total. The number of carbonyl (C=O) groups is 3. The van der Waals surface area contributed by atoms with Crippen LogP contribution in [0.4, 0.5) is 4.79 Å². The Morgan fingerprint density at radius 3 is 2.36 bits per heavy atom. The van der Waals surface area contributed by atoms with Crippen molar-refractivity contribution in [2.75, 3.05) is 32.8 Å². The summed E-state index contributed by atoms with van der Waals surface area (Å²) in [5, 5.41) is 5.37. The molecule has 0 aromatic heterocycles. The van der Waals surface area contributed by atoms with Crippen molar-refractivity contribution in [3.05, 3.63) is 59.2 Å². The fourth-order valence-corrected chi connectivity index (χ4v) is 4.04. The largest absolute Gasteiger partial charge is 0.486 e. The van der Waals surface area contributed by atoms with Crippen LogP contribution in [0, 0.1) is 12.8 Å². The smallest absolute Gasteiger partial charge is 0.315 e. The first-order valence-corrected chi connectivity index (χ1v) is 11.3. The standard InChI is InChI=1S/C25H29N3O5/c1-17-2-4-18(5-3-17)15-26-25(31)27-16-23(29)28-10-8-19(9-11-28)24(30)20-6-7-21-22(14-20)33-13-12-32-21/h2-7,14,19H,8-13,15-16H2,1H3,(H2,26,27,31). The minimum absolute atomic E-state index is 0.0627. The predicted octanol–water partition coefficient (Wildman–Crippen LogP) is 2.69. The SMILES string of the molecule is Cc1ccc(CNC(=O)NCC(=O)N2CCC(C(=O)c3ccc4c(c3)OCCO4)CC2)cc1. The van der Waals surface area contributed by atoms with E-state index in [1.807, 2.05) is 31.2 Å². The summed E-state index contributed by atoms with van der Waals surface area (Å²) in [6, 6.07) is 12.8. The number of Topliss-reactive ketones (excluding diaryl/α,β-unsaturated/α-hetero) is 1. The van der Waals surface area contributed by atoms with E-state index in [1.165, 1.54) is 0 Å². The van der Waals surface area contributed by atoms with Crippen molar-refractivity contribution in [3.63, 3.8) is 0 Å². The van der Waals surface area contributed by atoms with Crippen LogP contribution in [0.1, 0.15) is 34.3 Å². The van der Waals surface area contributed by atoms with Gasteiger partial charge in [-0.05, 0) is 43.5 Å². The second-order valence-corrected chi connectivity index (χ2v) is 8.40. The van der Waals surface area contributed by atoms with Gasteiger partial charge in [0.2, 0.25) is 5.91 Å². The molecule has 174 valence electrons. The van der Waals surface area contributed by atoms with Gasteiger partial charge >= 0.3 is 6.03 Å². The van der Waals surface area contributed by atoms with E-state index in [0.717, 1.165) is 11.1 Å². The Balaban J connectivity index is 1.20. The lowest BCUT2D eigenvalue weighted by molar-refractivity contribution is -0.131. The molecule has 8 heteroatoms. The third-order valence-electron chi connectivity index (χ3n) is 6.02. The maximum atomic E-state index is 12.9. The van der Waals surface area contributed by atoms with Crippen molar-refractivity contribution in [2.24, 2.45) is 5.92 Å². The molecule has 0 aliphatic carbocycles. The number of fused-ring (bicyclic) bond motifs is 1. The molecule has 3 amide bonds. The molecule has 0 saturated carbocycles. The third kappa shape index (κ3) is 5.83. The maximum absolute atomic E-state index is 12.9. The van der Waals surface area contributed by atoms with E-state index in [4.69, 9.17) is 9.47 Å². The topological polar surface area (TPSA) is 97.0 Å². The average Bonchev–Trinajstić information content (AvgIpc) is 2.86. The van der Waals surface area contributed by atoms with Gasteiger partial charge in [0, 0.05) is 31.1 Å². The molecule has 4 rings (SSSR count). The number of urea groups is 1. The van der Waals surface area contributed by atoms with Gasteiger partial charge in [0.1, 0.15) is 13.2 Å². The number of nitrogens with zero attached hydrogens (tertiary/aromatic N) is 1. The molecule has 1 fully saturated rings. The Hall–Kier alpha value is -3.55. The summed E-state index contributed by atoms with van der Waals surface area (Å²) in [5.74, 6) is 1.04. The molecule has 2 aromatic rings. The van der Waals surface area contributed by atoms with Gasteiger partial charge in [0.05, 0.1) is 6.54 Å². The molecular weight excluding hydrogens is 422 g/mol. The first kappa shape index (κ1) is 22.6. The number of likely N-dealkylation sites (tertiary alicyclic amines) is 1. The van der Waals surface area contributed by atoms with Crippen molar-refractivity contribution >= 4 is 17.7 Å². The monoisotopic (exact) mass is 451 g/mol. The Kier molecular flexibility index (Phi) is 7.12. The van der Waals surface area contributed by atoms with Gasteiger partial charge in [0.15, 0.2) is 17.3 Å². The number of hydrogen-bond donors (Lipinski definition) is 2. The minimum Gasteiger partial charge on any atom is -0.486 e. The lowest BCUT2D eigenvalue weighted by Crippen LogP contribution is -2.46. The van der Waals surface area contributed by atoms with Crippen molar-refractivity contribution in [1.29, 1.82) is 0 Å². The zero-order chi connectivity index (χ0) is 23.2. The number of hydrogen-bond acceptors (Lipinski definition) is 5. The van der Waals surface area contributed by atoms with Crippen molar-refractivity contribution < 1.29 is 23.9 Å². The Morgan fingerprint density at radius 1 is 0.939 bits per heavy atom. The number of ketones is 1. The zero-order valence-corrected chi connectivity index (χ0v) is 18.8. The van der Waals surface area contributed by atoms with Gasteiger partial charge in [-0.25, -0.2) is 4.79 Å². The molecule has 2 heterocycles. The molecule has 2 aliphatic heterocycles. The fourth-order valence-electron chi connectivity index (χ4n) is 4.04. The number of benzene rings is 2. The van der Waals surface area contributed by atoms with Crippen molar-refractivity contribution in [2.45, 2.75) is 26.3 Å². The first-order valence-electron chi connectivity index (χ1n) is 11.3. The second kappa shape index (κ2) is 10.4. The number of carbonyl (C=O) groups excluding carboxylic acids is 3. The molecule has 1 saturated heterocycles. The van der Waals surface area contributed by atoms with Crippen LogP contribution in [0.15, 0.2) is 42.5 Å². The summed E-state index contributed by atoms with van der Waals surface area (Å²) in [4.78, 5) is 39.1. The van der Waals surface area contributed by atoms with Gasteiger partial charge in [-0.15, -0.1) is 0 Å². The van der Waals surface area contributed by atoms with Crippen LogP contribution in [0.3, 0.4) is 0 Å². The van der Waals surface area contributed by atoms with Crippen molar-refractivity contribution in [3.8, 4) is 11.5 Å². The average molecular weight is 452 g/mol. The van der Waals surface area contributed by atoms with Crippen LogP contribution in [-0.2, 0) is 11.3 Å². The van der Waals surface area contributed by atoms with Gasteiger partial charge in [-0.1, -0.05) is 29.8 Å². The number of piperidine rings is 1. The lowest BCUT2D eigenvalue weighted by Gasteiger charge is -2.31. The van der Waals surface area contributed by atoms with E-state index in [-0.39, 0.29) is 30.2 Å². The van der Waals surface area contributed by atoms with Crippen molar-refractivity contribution in [1.82, 2.24) is 15.5 Å². The van der Waals surface area contributed by atoms with Gasteiger partial charge in [-0.2, -0.15) is 0 Å². The van der Waals surface area contributed by atoms with E-state index in [9.17, 15) is 14.4 Å². The molecule has 0 radical (unpaired) electrons. The number of aryl methyl sites for hydroxylation is 1. The highest BCUT2D eigenvalue weighted by Crippen LogP contribution is 2.32. The third-order valence-corrected chi connectivity index (χ3v) is 6.02. The highest BCUT2D eigenvalue weighted by atomic mass is 16.6. The van der Waals surface area contributed by atoms with Crippen LogP contribution >= 0.6 is 0 Å². The van der Waals surface area contributed by atoms with E-state index in [0.29, 0.717) is 62.8 Å². The number of ether oxygens (including phenoxy) is 2. The molecule has 33 heavy (non-hydrogen) atoms. The molecular formula is C25H29N3O5. The first-order chi connectivity index (χ1) is 16.0. The van der Waals surface area contributed by atoms with Crippen LogP contribution in [0.2, 0.25) is 0 Å². The van der Waals surface area contributed by atoms with Crippen LogP contribution in [0.5, 0.6) is 11.5 Å². The predicted molar refractivity (Wildman–Crippen MR) is 122 cm³/mol. The van der Waals surface area contributed by atoms with E-state index < -0.39 is 0 Å². The van der Waals surface area contributed by atoms with E-state index in [2.05, 4.69) is 10.6 Å².